The summed E-state index contributed by atoms with van der Waals surface area (Å²) in [5.41, 5.74) is 3.07. The van der Waals surface area contributed by atoms with Gasteiger partial charge in [-0.15, -0.1) is 0 Å². The zero-order valence-corrected chi connectivity index (χ0v) is 15.1. The van der Waals surface area contributed by atoms with E-state index in [-0.39, 0.29) is 11.3 Å². The minimum absolute atomic E-state index is 0.153. The SMILES string of the molecule is Cc1cc(Br)cc(C)c1NC(=O)C1(CC(C)C)CCCC1. The van der Waals surface area contributed by atoms with E-state index in [9.17, 15) is 4.79 Å². The van der Waals surface area contributed by atoms with Crippen LogP contribution in [0.2, 0.25) is 0 Å². The van der Waals surface area contributed by atoms with E-state index in [1.54, 1.807) is 0 Å². The molecule has 2 rings (SSSR count). The molecule has 0 aliphatic heterocycles. The Hall–Kier alpha value is -0.830. The summed E-state index contributed by atoms with van der Waals surface area (Å²) in [6.45, 7) is 8.53. The molecule has 0 unspecified atom stereocenters. The zero-order valence-electron chi connectivity index (χ0n) is 13.6. The molecule has 0 aromatic heterocycles. The predicted molar refractivity (Wildman–Crippen MR) is 92.6 cm³/mol. The van der Waals surface area contributed by atoms with Gasteiger partial charge in [-0.25, -0.2) is 0 Å². The third kappa shape index (κ3) is 3.68. The van der Waals surface area contributed by atoms with Crippen molar-refractivity contribution in [1.82, 2.24) is 0 Å². The lowest BCUT2D eigenvalue weighted by Gasteiger charge is -2.30. The van der Waals surface area contributed by atoms with Gasteiger partial charge in [-0.05, 0) is 62.3 Å². The summed E-state index contributed by atoms with van der Waals surface area (Å²) in [5.74, 6) is 0.781. The Labute approximate surface area is 136 Å². The highest BCUT2D eigenvalue weighted by molar-refractivity contribution is 9.10. The van der Waals surface area contributed by atoms with Gasteiger partial charge < -0.3 is 5.32 Å². The van der Waals surface area contributed by atoms with Crippen molar-refractivity contribution in [3.05, 3.63) is 27.7 Å². The number of halogens is 1. The molecule has 0 spiro atoms. The van der Waals surface area contributed by atoms with Gasteiger partial charge in [0.25, 0.3) is 0 Å². The van der Waals surface area contributed by atoms with Gasteiger partial charge in [-0.2, -0.15) is 0 Å². The largest absolute Gasteiger partial charge is 0.325 e. The lowest BCUT2D eigenvalue weighted by atomic mass is 9.77. The first-order valence-corrected chi connectivity index (χ1v) is 8.71. The number of nitrogens with one attached hydrogen (secondary N) is 1. The highest BCUT2D eigenvalue weighted by atomic mass is 79.9. The second-order valence-electron chi connectivity index (χ2n) is 6.95. The van der Waals surface area contributed by atoms with Crippen molar-refractivity contribution >= 4 is 27.5 Å². The zero-order chi connectivity index (χ0) is 15.6. The molecule has 0 saturated heterocycles. The standard InChI is InChI=1S/C18H26BrNO/c1-12(2)11-18(7-5-6-8-18)17(21)20-16-13(3)9-15(19)10-14(16)4/h9-10,12H,5-8,11H2,1-4H3,(H,20,21). The van der Waals surface area contributed by atoms with E-state index in [0.717, 1.165) is 40.5 Å². The van der Waals surface area contributed by atoms with Crippen molar-refractivity contribution in [2.45, 2.75) is 59.8 Å². The highest BCUT2D eigenvalue weighted by Crippen LogP contribution is 2.44. The molecule has 0 atom stereocenters. The summed E-state index contributed by atoms with van der Waals surface area (Å²) in [5, 5.41) is 3.23. The van der Waals surface area contributed by atoms with Crippen molar-refractivity contribution < 1.29 is 4.79 Å². The van der Waals surface area contributed by atoms with E-state index < -0.39 is 0 Å². The van der Waals surface area contributed by atoms with Gasteiger partial charge in [0, 0.05) is 15.6 Å². The van der Waals surface area contributed by atoms with Gasteiger partial charge in [0.1, 0.15) is 0 Å². The number of aryl methyl sites for hydroxylation is 2. The van der Waals surface area contributed by atoms with Gasteiger partial charge in [0.2, 0.25) is 5.91 Å². The molecule has 2 nitrogen and oxygen atoms in total. The Morgan fingerprint density at radius 3 is 2.24 bits per heavy atom. The fourth-order valence-electron chi connectivity index (χ4n) is 3.71. The van der Waals surface area contributed by atoms with Gasteiger partial charge >= 0.3 is 0 Å². The molecule has 1 fully saturated rings. The molecular weight excluding hydrogens is 326 g/mol. The first-order valence-electron chi connectivity index (χ1n) is 7.92. The number of carbonyl (C=O) groups is 1. The number of hydrogen-bond acceptors (Lipinski definition) is 1. The molecule has 0 heterocycles. The van der Waals surface area contributed by atoms with Crippen molar-refractivity contribution in [1.29, 1.82) is 0 Å². The van der Waals surface area contributed by atoms with Crippen molar-refractivity contribution in [3.8, 4) is 0 Å². The highest BCUT2D eigenvalue weighted by Gasteiger charge is 2.41. The third-order valence-electron chi connectivity index (χ3n) is 4.58. The van der Waals surface area contributed by atoms with Crippen LogP contribution in [0.15, 0.2) is 16.6 Å². The van der Waals surface area contributed by atoms with Crippen LogP contribution in [-0.4, -0.2) is 5.91 Å². The lowest BCUT2D eigenvalue weighted by molar-refractivity contribution is -0.126. The molecule has 1 aliphatic rings. The van der Waals surface area contributed by atoms with E-state index in [1.165, 1.54) is 12.8 Å². The van der Waals surface area contributed by atoms with Gasteiger partial charge in [0.15, 0.2) is 0 Å². The van der Waals surface area contributed by atoms with Crippen LogP contribution >= 0.6 is 15.9 Å². The molecule has 0 radical (unpaired) electrons. The Kier molecular flexibility index (Phi) is 5.13. The maximum atomic E-state index is 12.9. The van der Waals surface area contributed by atoms with E-state index in [4.69, 9.17) is 0 Å². The van der Waals surface area contributed by atoms with Crippen molar-refractivity contribution in [2.24, 2.45) is 11.3 Å². The van der Waals surface area contributed by atoms with Gasteiger partial charge in [-0.3, -0.25) is 4.79 Å². The van der Waals surface area contributed by atoms with Gasteiger partial charge in [0.05, 0.1) is 0 Å². The summed E-state index contributed by atoms with van der Waals surface area (Å²) in [6, 6.07) is 4.12. The maximum Gasteiger partial charge on any atom is 0.230 e. The minimum Gasteiger partial charge on any atom is -0.325 e. The molecule has 1 amide bonds. The summed E-state index contributed by atoms with van der Waals surface area (Å²) < 4.78 is 1.06. The molecule has 1 saturated carbocycles. The molecule has 21 heavy (non-hydrogen) atoms. The van der Waals surface area contributed by atoms with Crippen LogP contribution in [0.5, 0.6) is 0 Å². The first-order chi connectivity index (χ1) is 9.84. The summed E-state index contributed by atoms with van der Waals surface area (Å²) >= 11 is 3.51. The molecule has 1 aromatic carbocycles. The Morgan fingerprint density at radius 2 is 1.76 bits per heavy atom. The topological polar surface area (TPSA) is 29.1 Å². The summed E-state index contributed by atoms with van der Waals surface area (Å²) in [4.78, 5) is 12.9. The van der Waals surface area contributed by atoms with Crippen LogP contribution < -0.4 is 5.32 Å². The van der Waals surface area contributed by atoms with E-state index in [0.29, 0.717) is 5.92 Å². The van der Waals surface area contributed by atoms with Crippen LogP contribution in [-0.2, 0) is 4.79 Å². The van der Waals surface area contributed by atoms with Crippen molar-refractivity contribution in [3.63, 3.8) is 0 Å². The molecule has 0 bridgehead atoms. The van der Waals surface area contributed by atoms with Crippen LogP contribution in [0.3, 0.4) is 0 Å². The number of hydrogen-bond donors (Lipinski definition) is 1. The number of carbonyl (C=O) groups excluding carboxylic acids is 1. The van der Waals surface area contributed by atoms with Crippen LogP contribution in [0, 0.1) is 25.2 Å². The molecule has 3 heteroatoms. The van der Waals surface area contributed by atoms with Gasteiger partial charge in [-0.1, -0.05) is 42.6 Å². The van der Waals surface area contributed by atoms with Crippen LogP contribution in [0.4, 0.5) is 5.69 Å². The summed E-state index contributed by atoms with van der Waals surface area (Å²) in [7, 11) is 0. The fourth-order valence-corrected chi connectivity index (χ4v) is 4.40. The Morgan fingerprint density at radius 1 is 1.24 bits per heavy atom. The van der Waals surface area contributed by atoms with E-state index in [2.05, 4.69) is 61.1 Å². The average molecular weight is 352 g/mol. The minimum atomic E-state index is -0.153. The number of benzene rings is 1. The predicted octanol–water partition coefficient (Wildman–Crippen LogP) is 5.61. The smallest absolute Gasteiger partial charge is 0.230 e. The van der Waals surface area contributed by atoms with Crippen LogP contribution in [0.1, 0.15) is 57.1 Å². The quantitative estimate of drug-likeness (QED) is 0.750. The molecular formula is C18H26BrNO. The Bertz CT molecular complexity index is 507. The lowest BCUT2D eigenvalue weighted by Crippen LogP contribution is -2.35. The van der Waals surface area contributed by atoms with E-state index in [1.807, 2.05) is 0 Å². The Balaban J connectivity index is 2.24. The number of amides is 1. The summed E-state index contributed by atoms with van der Waals surface area (Å²) in [6.07, 6.45) is 5.42. The molecule has 116 valence electrons. The maximum absolute atomic E-state index is 12.9. The number of rotatable bonds is 4. The van der Waals surface area contributed by atoms with Crippen LogP contribution in [0.25, 0.3) is 0 Å². The fraction of sp³-hybridized carbons (Fsp3) is 0.611. The third-order valence-corrected chi connectivity index (χ3v) is 5.04. The number of anilines is 1. The second kappa shape index (κ2) is 6.51. The van der Waals surface area contributed by atoms with Crippen molar-refractivity contribution in [2.75, 3.05) is 5.32 Å². The normalized spacial score (nSPS) is 17.2. The molecule has 1 aliphatic carbocycles. The molecule has 1 aromatic rings. The average Bonchev–Trinajstić information content (AvgIpc) is 2.82. The monoisotopic (exact) mass is 351 g/mol. The first kappa shape index (κ1) is 16.5. The molecule has 1 N–H and O–H groups in total. The second-order valence-corrected chi connectivity index (χ2v) is 7.87. The van der Waals surface area contributed by atoms with E-state index >= 15 is 0 Å².